The van der Waals surface area contributed by atoms with Crippen molar-refractivity contribution >= 4 is 23.5 Å². The molecule has 138 valence electrons. The van der Waals surface area contributed by atoms with Crippen LogP contribution in [0.25, 0.3) is 0 Å². The summed E-state index contributed by atoms with van der Waals surface area (Å²) in [4.78, 5) is 23.7. The van der Waals surface area contributed by atoms with E-state index in [4.69, 9.17) is 11.6 Å². The van der Waals surface area contributed by atoms with E-state index in [1.807, 2.05) is 31.2 Å². The van der Waals surface area contributed by atoms with Crippen LogP contribution in [0.15, 0.2) is 30.3 Å². The number of nitrogens with zero attached hydrogens (tertiary/aromatic N) is 3. The lowest BCUT2D eigenvalue weighted by Crippen LogP contribution is -2.35. The quantitative estimate of drug-likeness (QED) is 0.870. The number of aryl methyl sites for hydroxylation is 1. The minimum absolute atomic E-state index is 0.163. The third-order valence-corrected chi connectivity index (χ3v) is 4.96. The van der Waals surface area contributed by atoms with Crippen LogP contribution in [0.1, 0.15) is 41.5 Å². The molecule has 1 aromatic heterocycles. The molecule has 0 bridgehead atoms. The molecule has 0 saturated carbocycles. The van der Waals surface area contributed by atoms with Crippen LogP contribution in [0.3, 0.4) is 0 Å². The van der Waals surface area contributed by atoms with Crippen LogP contribution in [0.4, 0.5) is 5.95 Å². The fourth-order valence-electron chi connectivity index (χ4n) is 3.12. The molecule has 1 saturated heterocycles. The lowest BCUT2D eigenvalue weighted by atomic mass is 10.00. The smallest absolute Gasteiger partial charge is 0.270 e. The molecule has 5 nitrogen and oxygen atoms in total. The molecule has 0 atom stereocenters. The van der Waals surface area contributed by atoms with Crippen molar-refractivity contribution < 1.29 is 4.79 Å². The number of halogens is 1. The predicted molar refractivity (Wildman–Crippen MR) is 105 cm³/mol. The molecule has 0 aliphatic carbocycles. The first-order chi connectivity index (χ1) is 12.5. The van der Waals surface area contributed by atoms with Gasteiger partial charge in [-0.15, -0.1) is 0 Å². The molecule has 0 unspecified atom stereocenters. The SMILES string of the molecule is Cc1cc(C(=O)NCCc2cccc(Cl)c2)nc(N2CCC(C)CC2)n1. The Bertz CT molecular complexity index is 772. The maximum atomic E-state index is 12.5. The molecule has 1 fully saturated rings. The van der Waals surface area contributed by atoms with Crippen LogP contribution in [-0.4, -0.2) is 35.5 Å². The van der Waals surface area contributed by atoms with Gasteiger partial charge >= 0.3 is 0 Å². The number of anilines is 1. The van der Waals surface area contributed by atoms with Crippen molar-refractivity contribution in [2.45, 2.75) is 33.1 Å². The van der Waals surface area contributed by atoms with E-state index < -0.39 is 0 Å². The predicted octanol–water partition coefficient (Wildman–Crippen LogP) is 3.65. The Morgan fingerprint density at radius 2 is 2.04 bits per heavy atom. The number of carbonyl (C=O) groups excluding carboxylic acids is 1. The van der Waals surface area contributed by atoms with E-state index in [9.17, 15) is 4.79 Å². The largest absolute Gasteiger partial charge is 0.350 e. The molecule has 1 amide bonds. The van der Waals surface area contributed by atoms with Gasteiger partial charge in [0.1, 0.15) is 5.69 Å². The first-order valence-electron chi connectivity index (χ1n) is 9.14. The summed E-state index contributed by atoms with van der Waals surface area (Å²) in [5, 5.41) is 3.65. The summed E-state index contributed by atoms with van der Waals surface area (Å²) in [6.07, 6.45) is 3.00. The van der Waals surface area contributed by atoms with Gasteiger partial charge in [0, 0.05) is 30.4 Å². The summed E-state index contributed by atoms with van der Waals surface area (Å²) in [7, 11) is 0. The Morgan fingerprint density at radius 1 is 1.27 bits per heavy atom. The van der Waals surface area contributed by atoms with E-state index in [2.05, 4.69) is 27.1 Å². The summed E-state index contributed by atoms with van der Waals surface area (Å²) in [6, 6.07) is 9.42. The summed E-state index contributed by atoms with van der Waals surface area (Å²) in [5.41, 5.74) is 2.34. The molecule has 1 N–H and O–H groups in total. The number of amides is 1. The van der Waals surface area contributed by atoms with Gasteiger partial charge in [-0.1, -0.05) is 30.7 Å². The molecule has 1 aromatic carbocycles. The highest BCUT2D eigenvalue weighted by molar-refractivity contribution is 6.30. The second-order valence-corrected chi connectivity index (χ2v) is 7.44. The highest BCUT2D eigenvalue weighted by Crippen LogP contribution is 2.20. The molecular weight excluding hydrogens is 348 g/mol. The molecule has 2 aromatic rings. The van der Waals surface area contributed by atoms with Crippen molar-refractivity contribution in [2.24, 2.45) is 5.92 Å². The van der Waals surface area contributed by atoms with Crippen LogP contribution < -0.4 is 10.2 Å². The van der Waals surface area contributed by atoms with Crippen molar-refractivity contribution in [1.29, 1.82) is 0 Å². The van der Waals surface area contributed by atoms with E-state index >= 15 is 0 Å². The van der Waals surface area contributed by atoms with Gasteiger partial charge in [-0.2, -0.15) is 0 Å². The van der Waals surface area contributed by atoms with E-state index in [0.717, 1.165) is 49.5 Å². The van der Waals surface area contributed by atoms with Crippen LogP contribution in [0.2, 0.25) is 5.02 Å². The molecule has 0 radical (unpaired) electrons. The fraction of sp³-hybridized carbons (Fsp3) is 0.450. The number of rotatable bonds is 5. The van der Waals surface area contributed by atoms with E-state index in [-0.39, 0.29) is 5.91 Å². The van der Waals surface area contributed by atoms with Gasteiger partial charge in [0.05, 0.1) is 0 Å². The minimum atomic E-state index is -0.163. The fourth-order valence-corrected chi connectivity index (χ4v) is 3.34. The van der Waals surface area contributed by atoms with E-state index in [1.165, 1.54) is 0 Å². The first kappa shape index (κ1) is 18.6. The minimum Gasteiger partial charge on any atom is -0.350 e. The number of hydrogen-bond donors (Lipinski definition) is 1. The Labute approximate surface area is 159 Å². The Hall–Kier alpha value is -2.14. The van der Waals surface area contributed by atoms with E-state index in [1.54, 1.807) is 6.07 Å². The number of nitrogens with one attached hydrogen (secondary N) is 1. The topological polar surface area (TPSA) is 58.1 Å². The van der Waals surface area contributed by atoms with E-state index in [0.29, 0.717) is 23.2 Å². The van der Waals surface area contributed by atoms with Crippen molar-refractivity contribution in [1.82, 2.24) is 15.3 Å². The molecule has 1 aliphatic heterocycles. The van der Waals surface area contributed by atoms with Crippen molar-refractivity contribution in [3.05, 3.63) is 52.3 Å². The Kier molecular flexibility index (Phi) is 6.09. The summed E-state index contributed by atoms with van der Waals surface area (Å²) in [5.74, 6) is 1.24. The Morgan fingerprint density at radius 3 is 2.77 bits per heavy atom. The molecule has 0 spiro atoms. The third-order valence-electron chi connectivity index (χ3n) is 4.73. The number of hydrogen-bond acceptors (Lipinski definition) is 4. The molecule has 3 rings (SSSR count). The molecule has 6 heteroatoms. The second kappa shape index (κ2) is 8.49. The summed E-state index contributed by atoms with van der Waals surface area (Å²) < 4.78 is 0. The highest BCUT2D eigenvalue weighted by atomic mass is 35.5. The zero-order valence-corrected chi connectivity index (χ0v) is 16.1. The van der Waals surface area contributed by atoms with Gasteiger partial charge in [-0.05, 0) is 55.9 Å². The van der Waals surface area contributed by atoms with Gasteiger partial charge in [0.25, 0.3) is 5.91 Å². The average Bonchev–Trinajstić information content (AvgIpc) is 2.62. The first-order valence-corrected chi connectivity index (χ1v) is 9.52. The highest BCUT2D eigenvalue weighted by Gasteiger charge is 2.20. The summed E-state index contributed by atoms with van der Waals surface area (Å²) in [6.45, 7) is 6.60. The number of aromatic nitrogens is 2. The van der Waals surface area contributed by atoms with Gasteiger partial charge in [-0.3, -0.25) is 4.79 Å². The van der Waals surface area contributed by atoms with Gasteiger partial charge in [-0.25, -0.2) is 9.97 Å². The zero-order chi connectivity index (χ0) is 18.5. The van der Waals surface area contributed by atoms with Crippen molar-refractivity contribution in [3.8, 4) is 0 Å². The van der Waals surface area contributed by atoms with Gasteiger partial charge in [0.2, 0.25) is 5.95 Å². The number of benzene rings is 1. The lowest BCUT2D eigenvalue weighted by Gasteiger charge is -2.30. The van der Waals surface area contributed by atoms with Crippen molar-refractivity contribution in [3.63, 3.8) is 0 Å². The molecular formula is C20H25ClN4O. The normalized spacial score (nSPS) is 15.1. The van der Waals surface area contributed by atoms with Crippen LogP contribution in [0, 0.1) is 12.8 Å². The van der Waals surface area contributed by atoms with Gasteiger partial charge < -0.3 is 10.2 Å². The maximum absolute atomic E-state index is 12.5. The molecule has 1 aliphatic rings. The number of piperidine rings is 1. The standard InChI is InChI=1S/C20H25ClN4O/c1-14-7-10-25(11-8-14)20-23-15(2)12-18(24-20)19(26)22-9-6-16-4-3-5-17(21)13-16/h3-5,12-14H,6-11H2,1-2H3,(H,22,26). The van der Waals surface area contributed by atoms with Crippen LogP contribution in [-0.2, 0) is 6.42 Å². The van der Waals surface area contributed by atoms with Crippen LogP contribution in [0.5, 0.6) is 0 Å². The second-order valence-electron chi connectivity index (χ2n) is 7.00. The zero-order valence-electron chi connectivity index (χ0n) is 15.3. The lowest BCUT2D eigenvalue weighted by molar-refractivity contribution is 0.0949. The van der Waals surface area contributed by atoms with Gasteiger partial charge in [0.15, 0.2) is 0 Å². The summed E-state index contributed by atoms with van der Waals surface area (Å²) >= 11 is 5.99. The van der Waals surface area contributed by atoms with Crippen LogP contribution >= 0.6 is 11.6 Å². The van der Waals surface area contributed by atoms with Crippen molar-refractivity contribution in [2.75, 3.05) is 24.5 Å². The maximum Gasteiger partial charge on any atom is 0.270 e. The third kappa shape index (κ3) is 4.94. The average molecular weight is 373 g/mol. The Balaban J connectivity index is 1.61. The molecule has 26 heavy (non-hydrogen) atoms. The monoisotopic (exact) mass is 372 g/mol. The molecule has 2 heterocycles. The number of carbonyl (C=O) groups is 1.